The molecule has 0 aromatic heterocycles. The molecule has 1 aromatic carbocycles. The first-order valence-electron chi connectivity index (χ1n) is 9.00. The summed E-state index contributed by atoms with van der Waals surface area (Å²) >= 11 is 0. The van der Waals surface area contributed by atoms with Gasteiger partial charge in [0.1, 0.15) is 6.54 Å². The van der Waals surface area contributed by atoms with Crippen molar-refractivity contribution < 1.29 is 23.9 Å². The molecule has 1 N–H and O–H groups in total. The van der Waals surface area contributed by atoms with E-state index in [9.17, 15) is 19.2 Å². The van der Waals surface area contributed by atoms with Gasteiger partial charge in [-0.3, -0.25) is 24.1 Å². The molecule has 3 aliphatic rings. The second-order valence-corrected chi connectivity index (χ2v) is 7.29. The van der Waals surface area contributed by atoms with Gasteiger partial charge >= 0.3 is 5.97 Å². The van der Waals surface area contributed by atoms with Crippen molar-refractivity contribution in [2.75, 3.05) is 18.5 Å². The zero-order chi connectivity index (χ0) is 19.1. The average molecular weight is 368 g/mol. The normalized spacial score (nSPS) is 27.8. The van der Waals surface area contributed by atoms with Crippen molar-refractivity contribution in [1.29, 1.82) is 0 Å². The van der Waals surface area contributed by atoms with Crippen LogP contribution in [0.4, 0.5) is 5.69 Å². The molecule has 7 heteroatoms. The number of esters is 1. The van der Waals surface area contributed by atoms with E-state index in [1.807, 2.05) is 31.2 Å². The van der Waals surface area contributed by atoms with Gasteiger partial charge in [-0.25, -0.2) is 0 Å². The number of rotatable bonds is 5. The Morgan fingerprint density at radius 3 is 2.37 bits per heavy atom. The third-order valence-electron chi connectivity index (χ3n) is 5.63. The highest BCUT2D eigenvalue weighted by atomic mass is 16.5. The lowest BCUT2D eigenvalue weighted by Crippen LogP contribution is -2.38. The Bertz CT molecular complexity index is 832. The van der Waals surface area contributed by atoms with Crippen LogP contribution in [0.2, 0.25) is 0 Å². The molecule has 0 radical (unpaired) electrons. The quantitative estimate of drug-likeness (QED) is 0.480. The minimum Gasteiger partial charge on any atom is -0.454 e. The standard InChI is InChI=1S/C20H20N2O5/c1-11-4-2-3-5-14(11)21-15(23)10-27-16(24)9-22-19(25)17-12-6-7-13(8-12)18(17)20(22)26/h2-7,12-13,17-18H,8-10H2,1H3,(H,21,23)/t12-,13-,17-,18-/m0/s1. The van der Waals surface area contributed by atoms with E-state index in [1.165, 1.54) is 0 Å². The number of nitrogens with zero attached hydrogens (tertiary/aromatic N) is 1. The van der Waals surface area contributed by atoms with E-state index in [-0.39, 0.29) is 35.5 Å². The number of aryl methyl sites for hydroxylation is 1. The number of hydrogen-bond donors (Lipinski definition) is 1. The van der Waals surface area contributed by atoms with Crippen LogP contribution in [-0.2, 0) is 23.9 Å². The van der Waals surface area contributed by atoms with Crippen LogP contribution in [0.3, 0.4) is 0 Å². The Hall–Kier alpha value is -2.96. The molecule has 7 nitrogen and oxygen atoms in total. The number of amides is 3. The maximum absolute atomic E-state index is 12.5. The first-order valence-corrected chi connectivity index (χ1v) is 9.00. The van der Waals surface area contributed by atoms with Crippen molar-refractivity contribution in [3.05, 3.63) is 42.0 Å². The summed E-state index contributed by atoms with van der Waals surface area (Å²) in [6, 6.07) is 7.24. The van der Waals surface area contributed by atoms with Crippen molar-refractivity contribution in [2.45, 2.75) is 13.3 Å². The van der Waals surface area contributed by atoms with E-state index < -0.39 is 25.0 Å². The number of carbonyl (C=O) groups excluding carboxylic acids is 4. The molecule has 27 heavy (non-hydrogen) atoms. The van der Waals surface area contributed by atoms with Crippen LogP contribution in [0.25, 0.3) is 0 Å². The maximum atomic E-state index is 12.5. The predicted molar refractivity (Wildman–Crippen MR) is 95.2 cm³/mol. The van der Waals surface area contributed by atoms with Gasteiger partial charge in [-0.05, 0) is 36.8 Å². The van der Waals surface area contributed by atoms with Crippen LogP contribution < -0.4 is 5.32 Å². The fourth-order valence-electron chi connectivity index (χ4n) is 4.34. The van der Waals surface area contributed by atoms with Gasteiger partial charge in [0, 0.05) is 5.69 Å². The molecule has 140 valence electrons. The molecule has 1 heterocycles. The molecule has 2 fully saturated rings. The van der Waals surface area contributed by atoms with Gasteiger partial charge in [0.2, 0.25) is 11.8 Å². The smallest absolute Gasteiger partial charge is 0.326 e. The largest absolute Gasteiger partial charge is 0.454 e. The fraction of sp³-hybridized carbons (Fsp3) is 0.400. The highest BCUT2D eigenvalue weighted by molar-refractivity contribution is 6.08. The van der Waals surface area contributed by atoms with Gasteiger partial charge in [-0.1, -0.05) is 30.4 Å². The summed E-state index contributed by atoms with van der Waals surface area (Å²) in [6.07, 6.45) is 4.83. The first-order chi connectivity index (χ1) is 13.0. The molecule has 1 aliphatic heterocycles. The number of anilines is 1. The molecule has 4 atom stereocenters. The molecule has 1 saturated carbocycles. The van der Waals surface area contributed by atoms with Crippen LogP contribution in [0.15, 0.2) is 36.4 Å². The number of allylic oxidation sites excluding steroid dienone is 2. The summed E-state index contributed by atoms with van der Waals surface area (Å²) in [5.41, 5.74) is 1.53. The second-order valence-electron chi connectivity index (χ2n) is 7.29. The number of imide groups is 1. The molecule has 0 spiro atoms. The predicted octanol–water partition coefficient (Wildman–Crippen LogP) is 1.28. The Morgan fingerprint density at radius 2 is 1.74 bits per heavy atom. The van der Waals surface area contributed by atoms with Crippen molar-refractivity contribution >= 4 is 29.4 Å². The summed E-state index contributed by atoms with van der Waals surface area (Å²) < 4.78 is 4.95. The summed E-state index contributed by atoms with van der Waals surface area (Å²) in [5, 5.41) is 2.66. The summed E-state index contributed by atoms with van der Waals surface area (Å²) in [7, 11) is 0. The number of likely N-dealkylation sites (tertiary alicyclic amines) is 1. The van der Waals surface area contributed by atoms with Gasteiger partial charge in [0.15, 0.2) is 6.61 Å². The molecule has 3 amide bonds. The topological polar surface area (TPSA) is 92.8 Å². The van der Waals surface area contributed by atoms with E-state index in [0.717, 1.165) is 16.9 Å². The lowest BCUT2D eigenvalue weighted by molar-refractivity contribution is -0.154. The number of benzene rings is 1. The number of carbonyl (C=O) groups is 4. The Morgan fingerprint density at radius 1 is 1.11 bits per heavy atom. The van der Waals surface area contributed by atoms with Crippen molar-refractivity contribution in [3.8, 4) is 0 Å². The molecule has 2 aliphatic carbocycles. The number of fused-ring (bicyclic) bond motifs is 5. The summed E-state index contributed by atoms with van der Waals surface area (Å²) in [5.74, 6) is -2.34. The molecule has 1 saturated heterocycles. The lowest BCUT2D eigenvalue weighted by atomic mass is 9.85. The van der Waals surface area contributed by atoms with Crippen LogP contribution in [-0.4, -0.2) is 41.7 Å². The van der Waals surface area contributed by atoms with E-state index in [1.54, 1.807) is 12.1 Å². The summed E-state index contributed by atoms with van der Waals surface area (Å²) in [6.45, 7) is 0.940. The highest BCUT2D eigenvalue weighted by Gasteiger charge is 2.59. The zero-order valence-electron chi connectivity index (χ0n) is 14.9. The van der Waals surface area contributed by atoms with Gasteiger partial charge in [0.25, 0.3) is 5.91 Å². The van der Waals surface area contributed by atoms with Crippen molar-refractivity contribution in [2.24, 2.45) is 23.7 Å². The number of para-hydroxylation sites is 1. The zero-order valence-corrected chi connectivity index (χ0v) is 14.9. The molecular formula is C20H20N2O5. The molecule has 1 aromatic rings. The monoisotopic (exact) mass is 368 g/mol. The average Bonchev–Trinajstić information content (AvgIpc) is 3.32. The van der Waals surface area contributed by atoms with E-state index in [0.29, 0.717) is 5.69 Å². The highest BCUT2D eigenvalue weighted by Crippen LogP contribution is 2.52. The number of nitrogens with one attached hydrogen (secondary N) is 1. The Kier molecular flexibility index (Phi) is 4.30. The lowest BCUT2D eigenvalue weighted by Gasteiger charge is -2.16. The molecule has 2 bridgehead atoms. The minimum absolute atomic E-state index is 0.0948. The van der Waals surface area contributed by atoms with Crippen molar-refractivity contribution in [3.63, 3.8) is 0 Å². The molecular weight excluding hydrogens is 348 g/mol. The van der Waals surface area contributed by atoms with Crippen molar-refractivity contribution in [1.82, 2.24) is 4.90 Å². The third-order valence-corrected chi connectivity index (χ3v) is 5.63. The van der Waals surface area contributed by atoms with E-state index in [2.05, 4.69) is 5.32 Å². The number of ether oxygens (including phenoxy) is 1. The second kappa shape index (κ2) is 6.64. The Labute approximate surface area is 156 Å². The fourth-order valence-corrected chi connectivity index (χ4v) is 4.34. The molecule has 0 unspecified atom stereocenters. The van der Waals surface area contributed by atoms with E-state index in [4.69, 9.17) is 4.74 Å². The first kappa shape index (κ1) is 17.5. The molecule has 4 rings (SSSR count). The van der Waals surface area contributed by atoms with Crippen LogP contribution >= 0.6 is 0 Å². The minimum atomic E-state index is -0.767. The third kappa shape index (κ3) is 3.03. The van der Waals surface area contributed by atoms with Gasteiger partial charge in [-0.2, -0.15) is 0 Å². The van der Waals surface area contributed by atoms with Crippen LogP contribution in [0.1, 0.15) is 12.0 Å². The van der Waals surface area contributed by atoms with Gasteiger partial charge in [-0.15, -0.1) is 0 Å². The van der Waals surface area contributed by atoms with Crippen LogP contribution in [0, 0.1) is 30.6 Å². The van der Waals surface area contributed by atoms with E-state index >= 15 is 0 Å². The van der Waals surface area contributed by atoms with Gasteiger partial charge in [0.05, 0.1) is 11.8 Å². The summed E-state index contributed by atoms with van der Waals surface area (Å²) in [4.78, 5) is 50.0. The Balaban J connectivity index is 1.30. The van der Waals surface area contributed by atoms with Gasteiger partial charge < -0.3 is 10.1 Å². The SMILES string of the molecule is Cc1ccccc1NC(=O)COC(=O)CN1C(=O)[C@@H]2[C@@H](C1=O)[C@H]1C=C[C@H]2C1. The number of hydrogen-bond acceptors (Lipinski definition) is 5. The van der Waals surface area contributed by atoms with Crippen LogP contribution in [0.5, 0.6) is 0 Å². The maximum Gasteiger partial charge on any atom is 0.326 e.